The normalized spacial score (nSPS) is 10.4. The number of benzene rings is 2. The highest BCUT2D eigenvalue weighted by Crippen LogP contribution is 2.31. The van der Waals surface area contributed by atoms with E-state index in [1.54, 1.807) is 11.8 Å². The summed E-state index contributed by atoms with van der Waals surface area (Å²) in [6, 6.07) is 14.7. The fraction of sp³-hybridized carbons (Fsp3) is 0. The largest absolute Gasteiger partial charge is 0.0901 e. The molecule has 16 heavy (non-hydrogen) atoms. The Morgan fingerprint density at radius 1 is 0.875 bits per heavy atom. The van der Waals surface area contributed by atoms with Crippen molar-refractivity contribution in [2.45, 2.75) is 9.79 Å². The first-order valence-corrected chi connectivity index (χ1v) is 8.02. The Balaban J connectivity index is 2.20. The number of rotatable bonds is 2. The standard InChI is InChI=1S/C12H7Br2IS/c13-8-1-3-9(4-2-8)16-10-5-6-11(14)12(15)7-10/h1-7H. The molecule has 0 radical (unpaired) electrons. The van der Waals surface area contributed by atoms with Gasteiger partial charge in [0.05, 0.1) is 0 Å². The van der Waals surface area contributed by atoms with Crippen LogP contribution >= 0.6 is 66.2 Å². The van der Waals surface area contributed by atoms with E-state index in [9.17, 15) is 0 Å². The van der Waals surface area contributed by atoms with E-state index in [-0.39, 0.29) is 0 Å². The molecule has 0 saturated carbocycles. The van der Waals surface area contributed by atoms with Crippen molar-refractivity contribution in [2.75, 3.05) is 0 Å². The molecular formula is C12H7Br2IS. The highest BCUT2D eigenvalue weighted by Gasteiger charge is 2.01. The molecule has 0 unspecified atom stereocenters. The topological polar surface area (TPSA) is 0 Å². The van der Waals surface area contributed by atoms with Gasteiger partial charge in [0, 0.05) is 22.3 Å². The van der Waals surface area contributed by atoms with Crippen molar-refractivity contribution in [1.82, 2.24) is 0 Å². The first-order chi connectivity index (χ1) is 7.65. The van der Waals surface area contributed by atoms with Crippen molar-refractivity contribution in [3.05, 3.63) is 55.0 Å². The van der Waals surface area contributed by atoms with E-state index in [0.717, 1.165) is 8.95 Å². The molecule has 0 heterocycles. The highest BCUT2D eigenvalue weighted by molar-refractivity contribution is 14.1. The van der Waals surface area contributed by atoms with Crippen molar-refractivity contribution in [3.63, 3.8) is 0 Å². The molecule has 0 atom stereocenters. The predicted octanol–water partition coefficient (Wildman–Crippen LogP) is 5.97. The van der Waals surface area contributed by atoms with Gasteiger partial charge in [0.15, 0.2) is 0 Å². The molecule has 0 aliphatic carbocycles. The van der Waals surface area contributed by atoms with E-state index in [4.69, 9.17) is 0 Å². The van der Waals surface area contributed by atoms with E-state index < -0.39 is 0 Å². The van der Waals surface area contributed by atoms with Gasteiger partial charge in [-0.05, 0) is 81.0 Å². The second-order valence-electron chi connectivity index (χ2n) is 3.13. The van der Waals surface area contributed by atoms with Gasteiger partial charge in [-0.3, -0.25) is 0 Å². The van der Waals surface area contributed by atoms with E-state index in [1.165, 1.54) is 13.4 Å². The smallest absolute Gasteiger partial charge is 0.0309 e. The summed E-state index contributed by atoms with van der Waals surface area (Å²) < 4.78 is 3.50. The van der Waals surface area contributed by atoms with Crippen LogP contribution in [0.25, 0.3) is 0 Å². The molecule has 0 aliphatic heterocycles. The van der Waals surface area contributed by atoms with Gasteiger partial charge in [0.25, 0.3) is 0 Å². The molecular weight excluding hydrogens is 463 g/mol. The van der Waals surface area contributed by atoms with Crippen molar-refractivity contribution >= 4 is 66.2 Å². The number of hydrogen-bond acceptors (Lipinski definition) is 1. The lowest BCUT2D eigenvalue weighted by molar-refractivity contribution is 1.37. The van der Waals surface area contributed by atoms with Gasteiger partial charge in [-0.1, -0.05) is 27.7 Å². The maximum Gasteiger partial charge on any atom is 0.0309 e. The fourth-order valence-electron chi connectivity index (χ4n) is 1.18. The lowest BCUT2D eigenvalue weighted by Crippen LogP contribution is -1.77. The van der Waals surface area contributed by atoms with Crippen LogP contribution in [0, 0.1) is 3.57 Å². The molecule has 0 aromatic heterocycles. The Morgan fingerprint density at radius 2 is 1.50 bits per heavy atom. The lowest BCUT2D eigenvalue weighted by atomic mass is 10.4. The van der Waals surface area contributed by atoms with Crippen molar-refractivity contribution in [3.8, 4) is 0 Å². The van der Waals surface area contributed by atoms with Crippen LogP contribution in [0.2, 0.25) is 0 Å². The molecule has 0 nitrogen and oxygen atoms in total. The molecule has 2 aromatic carbocycles. The average molecular weight is 470 g/mol. The van der Waals surface area contributed by atoms with Crippen LogP contribution < -0.4 is 0 Å². The minimum absolute atomic E-state index is 1.11. The molecule has 0 spiro atoms. The Morgan fingerprint density at radius 3 is 2.12 bits per heavy atom. The van der Waals surface area contributed by atoms with Gasteiger partial charge < -0.3 is 0 Å². The molecule has 0 fully saturated rings. The summed E-state index contributed by atoms with van der Waals surface area (Å²) in [4.78, 5) is 2.51. The maximum atomic E-state index is 3.50. The predicted molar refractivity (Wildman–Crippen MR) is 85.1 cm³/mol. The zero-order valence-corrected chi connectivity index (χ0v) is 14.2. The molecule has 82 valence electrons. The van der Waals surface area contributed by atoms with Gasteiger partial charge in [0.2, 0.25) is 0 Å². The van der Waals surface area contributed by atoms with Gasteiger partial charge in [-0.25, -0.2) is 0 Å². The van der Waals surface area contributed by atoms with E-state index in [0.29, 0.717) is 0 Å². The molecule has 0 aliphatic rings. The van der Waals surface area contributed by atoms with Crippen LogP contribution in [0.5, 0.6) is 0 Å². The molecule has 0 amide bonds. The third kappa shape index (κ3) is 3.48. The van der Waals surface area contributed by atoms with Crippen molar-refractivity contribution < 1.29 is 0 Å². The maximum absolute atomic E-state index is 3.50. The summed E-state index contributed by atoms with van der Waals surface area (Å²) in [5.41, 5.74) is 0. The third-order valence-electron chi connectivity index (χ3n) is 1.94. The SMILES string of the molecule is Brc1ccc(Sc2ccc(Br)c(I)c2)cc1. The lowest BCUT2D eigenvalue weighted by Gasteiger charge is -2.03. The summed E-state index contributed by atoms with van der Waals surface area (Å²) in [6.07, 6.45) is 0. The third-order valence-corrected chi connectivity index (χ3v) is 5.79. The van der Waals surface area contributed by atoms with E-state index in [2.05, 4.69) is 96.9 Å². The summed E-state index contributed by atoms with van der Waals surface area (Å²) >= 11 is 11.0. The van der Waals surface area contributed by atoms with Gasteiger partial charge >= 0.3 is 0 Å². The quantitative estimate of drug-likeness (QED) is 0.488. The van der Waals surface area contributed by atoms with Gasteiger partial charge in [-0.2, -0.15) is 0 Å². The van der Waals surface area contributed by atoms with Crippen LogP contribution in [0.3, 0.4) is 0 Å². The van der Waals surface area contributed by atoms with Crippen LogP contribution in [-0.2, 0) is 0 Å². The zero-order valence-electron chi connectivity index (χ0n) is 8.08. The number of hydrogen-bond donors (Lipinski definition) is 0. The van der Waals surface area contributed by atoms with Crippen molar-refractivity contribution in [2.24, 2.45) is 0 Å². The molecule has 2 rings (SSSR count). The Labute approximate surface area is 130 Å². The van der Waals surface area contributed by atoms with Crippen LogP contribution in [0.15, 0.2) is 61.2 Å². The first-order valence-electron chi connectivity index (χ1n) is 4.53. The highest BCUT2D eigenvalue weighted by atomic mass is 127. The minimum Gasteiger partial charge on any atom is -0.0901 e. The average Bonchev–Trinajstić information content (AvgIpc) is 2.27. The van der Waals surface area contributed by atoms with Crippen LogP contribution in [0.1, 0.15) is 0 Å². The van der Waals surface area contributed by atoms with E-state index in [1.807, 2.05) is 0 Å². The van der Waals surface area contributed by atoms with Gasteiger partial charge in [0.1, 0.15) is 0 Å². The molecule has 0 N–H and O–H groups in total. The molecule has 4 heteroatoms. The first kappa shape index (κ1) is 12.9. The Bertz CT molecular complexity index is 497. The fourth-order valence-corrected chi connectivity index (χ4v) is 3.27. The molecule has 0 saturated heterocycles. The number of halogens is 3. The Hall–Kier alpha value is 0.480. The second kappa shape index (κ2) is 5.89. The van der Waals surface area contributed by atoms with Gasteiger partial charge in [-0.15, -0.1) is 0 Å². The summed E-state index contributed by atoms with van der Waals surface area (Å²) in [6.45, 7) is 0. The zero-order chi connectivity index (χ0) is 11.5. The summed E-state index contributed by atoms with van der Waals surface area (Å²) in [5.74, 6) is 0. The van der Waals surface area contributed by atoms with E-state index >= 15 is 0 Å². The van der Waals surface area contributed by atoms with Crippen LogP contribution in [-0.4, -0.2) is 0 Å². The van der Waals surface area contributed by atoms with Crippen LogP contribution in [0.4, 0.5) is 0 Å². The Kier molecular flexibility index (Phi) is 4.76. The monoisotopic (exact) mass is 468 g/mol. The minimum atomic E-state index is 1.11. The second-order valence-corrected chi connectivity index (χ2v) is 7.21. The molecule has 0 bridgehead atoms. The summed E-state index contributed by atoms with van der Waals surface area (Å²) in [7, 11) is 0. The summed E-state index contributed by atoms with van der Waals surface area (Å²) in [5, 5.41) is 0. The van der Waals surface area contributed by atoms with Crippen molar-refractivity contribution in [1.29, 1.82) is 0 Å². The molecule has 2 aromatic rings.